The summed E-state index contributed by atoms with van der Waals surface area (Å²) in [6, 6.07) is 9.06. The molecule has 0 spiro atoms. The summed E-state index contributed by atoms with van der Waals surface area (Å²) in [5.41, 5.74) is 10.7. The molecule has 2 unspecified atom stereocenters. The van der Waals surface area contributed by atoms with Crippen molar-refractivity contribution >= 4 is 5.82 Å². The Morgan fingerprint density at radius 1 is 1.19 bits per heavy atom. The first-order valence-corrected chi connectivity index (χ1v) is 10.3. The Morgan fingerprint density at radius 2 is 1.97 bits per heavy atom. The molecule has 0 radical (unpaired) electrons. The zero-order valence-electron chi connectivity index (χ0n) is 17.6. The van der Waals surface area contributed by atoms with Crippen molar-refractivity contribution in [1.82, 2.24) is 19.7 Å². The van der Waals surface area contributed by atoms with E-state index in [0.29, 0.717) is 11.4 Å². The lowest BCUT2D eigenvalue weighted by atomic mass is 9.95. The molecule has 2 N–H and O–H groups in total. The highest BCUT2D eigenvalue weighted by atomic mass is 19.1. The van der Waals surface area contributed by atoms with Crippen LogP contribution in [-0.4, -0.2) is 26.7 Å². The third-order valence-electron chi connectivity index (χ3n) is 6.51. The number of aryl methyl sites for hydroxylation is 1. The van der Waals surface area contributed by atoms with Crippen molar-refractivity contribution < 1.29 is 9.13 Å². The van der Waals surface area contributed by atoms with Crippen molar-refractivity contribution in [3.63, 3.8) is 0 Å². The van der Waals surface area contributed by atoms with Gasteiger partial charge in [-0.1, -0.05) is 6.07 Å². The number of hydrogen-bond acceptors (Lipinski definition) is 6. The molecule has 1 fully saturated rings. The fourth-order valence-corrected chi connectivity index (χ4v) is 4.98. The fraction of sp³-hybridized carbons (Fsp3) is 0.348. The van der Waals surface area contributed by atoms with E-state index in [4.69, 9.17) is 15.6 Å². The summed E-state index contributed by atoms with van der Waals surface area (Å²) in [5, 5.41) is 14.6. The van der Waals surface area contributed by atoms with Crippen LogP contribution in [0.5, 0.6) is 5.75 Å². The summed E-state index contributed by atoms with van der Waals surface area (Å²) in [6.07, 6.45) is 2.99. The number of hydrogen-bond donors (Lipinski definition) is 1. The second kappa shape index (κ2) is 7.06. The highest BCUT2D eigenvalue weighted by Gasteiger charge is 2.38. The second-order valence-corrected chi connectivity index (χ2v) is 8.26. The Labute approximate surface area is 179 Å². The molecule has 1 aromatic carbocycles. The largest absolute Gasteiger partial charge is 0.482 e. The van der Waals surface area contributed by atoms with Crippen molar-refractivity contribution in [3.05, 3.63) is 58.8 Å². The molecule has 0 aliphatic carbocycles. The van der Waals surface area contributed by atoms with E-state index < -0.39 is 6.10 Å². The SMILES string of the molecule is C[C@H]1Oc2cc(cnc2N)-c2c(nn(C)c2C#N)C2CCC(c3ccc(F)cc31)N2C. The molecule has 0 saturated carbocycles. The van der Waals surface area contributed by atoms with Gasteiger partial charge in [0.1, 0.15) is 23.7 Å². The number of ether oxygens (including phenoxy) is 1. The predicted octanol–water partition coefficient (Wildman–Crippen LogP) is 4.04. The van der Waals surface area contributed by atoms with E-state index in [1.165, 1.54) is 6.07 Å². The maximum absolute atomic E-state index is 14.2. The normalized spacial score (nSPS) is 22.5. The number of nitrogen functional groups attached to an aromatic ring is 1. The van der Waals surface area contributed by atoms with Gasteiger partial charge in [0.05, 0.1) is 11.7 Å². The van der Waals surface area contributed by atoms with E-state index in [9.17, 15) is 9.65 Å². The number of halogens is 1. The maximum Gasteiger partial charge on any atom is 0.166 e. The van der Waals surface area contributed by atoms with Crippen LogP contribution in [0.25, 0.3) is 11.1 Å². The third-order valence-corrected chi connectivity index (χ3v) is 6.51. The second-order valence-electron chi connectivity index (χ2n) is 8.26. The number of nitriles is 1. The molecular weight excluding hydrogens is 395 g/mol. The van der Waals surface area contributed by atoms with Gasteiger partial charge in [0.15, 0.2) is 11.6 Å². The quantitative estimate of drug-likeness (QED) is 0.592. The molecule has 3 atom stereocenters. The molecule has 158 valence electrons. The van der Waals surface area contributed by atoms with Crippen molar-refractivity contribution in [3.8, 4) is 22.9 Å². The minimum absolute atomic E-state index is 0.0165. The van der Waals surface area contributed by atoms with E-state index in [1.54, 1.807) is 30.1 Å². The van der Waals surface area contributed by atoms with Crippen molar-refractivity contribution in [1.29, 1.82) is 5.26 Å². The average molecular weight is 418 g/mol. The smallest absolute Gasteiger partial charge is 0.166 e. The van der Waals surface area contributed by atoms with Gasteiger partial charge in [0, 0.05) is 30.4 Å². The topological polar surface area (TPSA) is 93.0 Å². The number of pyridine rings is 1. The van der Waals surface area contributed by atoms with Crippen LogP contribution >= 0.6 is 0 Å². The Hall–Kier alpha value is -3.44. The van der Waals surface area contributed by atoms with Crippen LogP contribution in [0.2, 0.25) is 0 Å². The van der Waals surface area contributed by atoms with Gasteiger partial charge in [-0.25, -0.2) is 9.37 Å². The van der Waals surface area contributed by atoms with Gasteiger partial charge in [0.2, 0.25) is 0 Å². The van der Waals surface area contributed by atoms with E-state index in [-0.39, 0.29) is 23.7 Å². The summed E-state index contributed by atoms with van der Waals surface area (Å²) < 4.78 is 22.0. The zero-order chi connectivity index (χ0) is 21.9. The van der Waals surface area contributed by atoms with E-state index in [2.05, 4.69) is 23.0 Å². The number of fused-ring (bicyclic) bond motifs is 9. The van der Waals surface area contributed by atoms with Crippen LogP contribution in [0.15, 0.2) is 30.5 Å². The highest BCUT2D eigenvalue weighted by Crippen LogP contribution is 2.48. The lowest BCUT2D eigenvalue weighted by molar-refractivity contribution is 0.212. The first kappa shape index (κ1) is 19.5. The fourth-order valence-electron chi connectivity index (χ4n) is 4.98. The van der Waals surface area contributed by atoms with Gasteiger partial charge in [0.25, 0.3) is 0 Å². The lowest BCUT2D eigenvalue weighted by Crippen LogP contribution is -2.24. The molecule has 1 saturated heterocycles. The van der Waals surface area contributed by atoms with Crippen LogP contribution in [0, 0.1) is 17.1 Å². The molecule has 3 aromatic rings. The molecule has 0 amide bonds. The summed E-state index contributed by atoms with van der Waals surface area (Å²) in [7, 11) is 3.84. The number of nitrogens with zero attached hydrogens (tertiary/aromatic N) is 5. The standard InChI is InChI=1S/C23H23FN6O/c1-12-16-9-14(24)4-5-15(16)17-6-7-18(29(17)2)22-21(19(10-25)30(3)28-22)13-8-20(31-12)23(26)27-11-13/h4-5,8-9,11-12,17-18H,6-7H2,1-3H3,(H2,26,27)/t12-,17?,18?/m1/s1. The molecule has 2 aliphatic heterocycles. The van der Waals surface area contributed by atoms with Crippen LogP contribution in [0.4, 0.5) is 10.2 Å². The minimum atomic E-state index is -0.430. The number of aromatic nitrogens is 3. The van der Waals surface area contributed by atoms with E-state index in [1.807, 2.05) is 13.0 Å². The number of nitrogens with two attached hydrogens (primary N) is 1. The van der Waals surface area contributed by atoms with Gasteiger partial charge < -0.3 is 10.5 Å². The minimum Gasteiger partial charge on any atom is -0.482 e. The highest BCUT2D eigenvalue weighted by molar-refractivity contribution is 5.74. The van der Waals surface area contributed by atoms with Crippen molar-refractivity contribution in [2.24, 2.45) is 7.05 Å². The van der Waals surface area contributed by atoms with Crippen molar-refractivity contribution in [2.75, 3.05) is 12.8 Å². The molecule has 5 rings (SSSR count). The first-order chi connectivity index (χ1) is 14.9. The third kappa shape index (κ3) is 2.96. The molecular formula is C23H23FN6O. The summed E-state index contributed by atoms with van der Waals surface area (Å²) >= 11 is 0. The van der Waals surface area contributed by atoms with Crippen LogP contribution in [0.1, 0.15) is 60.5 Å². The summed E-state index contributed by atoms with van der Waals surface area (Å²) in [5.74, 6) is 0.346. The zero-order valence-corrected chi connectivity index (χ0v) is 17.6. The Bertz CT molecular complexity index is 1230. The van der Waals surface area contributed by atoms with Crippen molar-refractivity contribution in [2.45, 2.75) is 38.0 Å². The van der Waals surface area contributed by atoms with Gasteiger partial charge in [-0.05, 0) is 56.1 Å². The lowest BCUT2D eigenvalue weighted by Gasteiger charge is -2.29. The maximum atomic E-state index is 14.2. The molecule has 8 heteroatoms. The number of benzene rings is 1. The van der Waals surface area contributed by atoms with Crippen LogP contribution in [0.3, 0.4) is 0 Å². The average Bonchev–Trinajstić information content (AvgIpc) is 3.28. The number of anilines is 1. The monoisotopic (exact) mass is 418 g/mol. The molecule has 4 bridgehead atoms. The van der Waals surface area contributed by atoms with Gasteiger partial charge in [-0.15, -0.1) is 0 Å². The summed E-state index contributed by atoms with van der Waals surface area (Å²) in [4.78, 5) is 6.59. The predicted molar refractivity (Wildman–Crippen MR) is 113 cm³/mol. The number of rotatable bonds is 0. The Morgan fingerprint density at radius 3 is 2.74 bits per heavy atom. The van der Waals surface area contributed by atoms with Gasteiger partial charge >= 0.3 is 0 Å². The van der Waals surface area contributed by atoms with Crippen LogP contribution in [-0.2, 0) is 7.05 Å². The van der Waals surface area contributed by atoms with Gasteiger partial charge in [-0.2, -0.15) is 10.4 Å². The summed E-state index contributed by atoms with van der Waals surface area (Å²) in [6.45, 7) is 1.89. The first-order valence-electron chi connectivity index (χ1n) is 10.3. The Balaban J connectivity index is 1.80. The van der Waals surface area contributed by atoms with Gasteiger partial charge in [-0.3, -0.25) is 9.58 Å². The molecule has 4 heterocycles. The molecule has 2 aromatic heterocycles. The van der Waals surface area contributed by atoms with E-state index >= 15 is 0 Å². The molecule has 7 nitrogen and oxygen atoms in total. The molecule has 2 aliphatic rings. The molecule has 31 heavy (non-hydrogen) atoms. The van der Waals surface area contributed by atoms with E-state index in [0.717, 1.165) is 40.8 Å². The van der Waals surface area contributed by atoms with Crippen LogP contribution < -0.4 is 10.5 Å². The Kier molecular flexibility index (Phi) is 4.45.